The number of para-hydroxylation sites is 2. The van der Waals surface area contributed by atoms with Crippen molar-refractivity contribution in [3.05, 3.63) is 59.1 Å². The molecule has 2 aromatic carbocycles. The van der Waals surface area contributed by atoms with Crippen LogP contribution in [0, 0.1) is 0 Å². The molecule has 6 heteroatoms. The molecule has 0 aliphatic rings. The van der Waals surface area contributed by atoms with Gasteiger partial charge in [0.15, 0.2) is 0 Å². The van der Waals surface area contributed by atoms with E-state index in [1.54, 1.807) is 31.4 Å². The zero-order valence-corrected chi connectivity index (χ0v) is 14.3. The molecule has 0 heterocycles. The van der Waals surface area contributed by atoms with E-state index in [4.69, 9.17) is 16.3 Å². The standard InChI is InChI=1S/C18H19ClN2O3/c1-13(22)21(16-9-5-4-8-15(16)19)12-18(23)20-11-14-7-3-6-10-17(14)24-2/h3-10H,11-12H2,1-2H3,(H,20,23). The minimum absolute atomic E-state index is 0.103. The Bertz CT molecular complexity index is 734. The van der Waals surface area contributed by atoms with Gasteiger partial charge in [-0.25, -0.2) is 0 Å². The number of nitrogens with one attached hydrogen (secondary N) is 1. The Morgan fingerprint density at radius 2 is 1.79 bits per heavy atom. The Labute approximate surface area is 146 Å². The van der Waals surface area contributed by atoms with Gasteiger partial charge in [0, 0.05) is 19.0 Å². The Morgan fingerprint density at radius 3 is 2.46 bits per heavy atom. The SMILES string of the molecule is COc1ccccc1CNC(=O)CN(C(C)=O)c1ccccc1Cl. The number of halogens is 1. The third-order valence-electron chi connectivity index (χ3n) is 3.49. The van der Waals surface area contributed by atoms with E-state index in [0.717, 1.165) is 5.56 Å². The molecule has 0 aromatic heterocycles. The highest BCUT2D eigenvalue weighted by molar-refractivity contribution is 6.33. The number of hydrogen-bond donors (Lipinski definition) is 1. The Kier molecular flexibility index (Phi) is 6.21. The van der Waals surface area contributed by atoms with E-state index < -0.39 is 0 Å². The molecule has 5 nitrogen and oxygen atoms in total. The van der Waals surface area contributed by atoms with Crippen molar-refractivity contribution in [1.82, 2.24) is 5.32 Å². The van der Waals surface area contributed by atoms with Crippen LogP contribution in [0.1, 0.15) is 12.5 Å². The van der Waals surface area contributed by atoms with Crippen molar-refractivity contribution in [2.24, 2.45) is 0 Å². The summed E-state index contributed by atoms with van der Waals surface area (Å²) < 4.78 is 5.25. The van der Waals surface area contributed by atoms with E-state index in [-0.39, 0.29) is 18.4 Å². The van der Waals surface area contributed by atoms with Gasteiger partial charge in [-0.1, -0.05) is 41.9 Å². The lowest BCUT2D eigenvalue weighted by molar-refractivity contribution is -0.123. The van der Waals surface area contributed by atoms with E-state index in [9.17, 15) is 9.59 Å². The maximum absolute atomic E-state index is 12.2. The van der Waals surface area contributed by atoms with Crippen LogP contribution in [-0.4, -0.2) is 25.5 Å². The molecular formula is C18H19ClN2O3. The number of methoxy groups -OCH3 is 1. The van der Waals surface area contributed by atoms with Crippen molar-refractivity contribution in [2.45, 2.75) is 13.5 Å². The van der Waals surface area contributed by atoms with Crippen molar-refractivity contribution in [3.8, 4) is 5.75 Å². The van der Waals surface area contributed by atoms with E-state index >= 15 is 0 Å². The number of ether oxygens (including phenoxy) is 1. The number of hydrogen-bond acceptors (Lipinski definition) is 3. The molecule has 0 bridgehead atoms. The third-order valence-corrected chi connectivity index (χ3v) is 3.81. The maximum Gasteiger partial charge on any atom is 0.240 e. The molecule has 126 valence electrons. The molecule has 24 heavy (non-hydrogen) atoms. The average molecular weight is 347 g/mol. The van der Waals surface area contributed by atoms with Crippen LogP contribution in [0.4, 0.5) is 5.69 Å². The first-order valence-corrected chi connectivity index (χ1v) is 7.82. The summed E-state index contributed by atoms with van der Waals surface area (Å²) >= 11 is 6.12. The quantitative estimate of drug-likeness (QED) is 0.874. The first-order chi connectivity index (χ1) is 11.5. The highest BCUT2D eigenvalue weighted by Crippen LogP contribution is 2.25. The average Bonchev–Trinajstić information content (AvgIpc) is 2.58. The van der Waals surface area contributed by atoms with Crippen LogP contribution in [0.2, 0.25) is 5.02 Å². The fourth-order valence-corrected chi connectivity index (χ4v) is 2.52. The van der Waals surface area contributed by atoms with Crippen molar-refractivity contribution in [2.75, 3.05) is 18.6 Å². The largest absolute Gasteiger partial charge is 0.496 e. The van der Waals surface area contributed by atoms with Gasteiger partial charge in [0.1, 0.15) is 12.3 Å². The second-order valence-electron chi connectivity index (χ2n) is 5.15. The van der Waals surface area contributed by atoms with Crippen LogP contribution >= 0.6 is 11.6 Å². The van der Waals surface area contributed by atoms with Crippen LogP contribution in [-0.2, 0) is 16.1 Å². The molecule has 1 N–H and O–H groups in total. The number of anilines is 1. The number of carbonyl (C=O) groups is 2. The molecule has 0 aliphatic carbocycles. The van der Waals surface area contributed by atoms with Crippen molar-refractivity contribution in [1.29, 1.82) is 0 Å². The predicted molar refractivity (Wildman–Crippen MR) is 94.3 cm³/mol. The Balaban J connectivity index is 2.04. The summed E-state index contributed by atoms with van der Waals surface area (Å²) in [5.41, 5.74) is 1.37. The van der Waals surface area contributed by atoms with Gasteiger partial charge < -0.3 is 15.0 Å². The van der Waals surface area contributed by atoms with Gasteiger partial charge in [-0.05, 0) is 18.2 Å². The van der Waals surface area contributed by atoms with Crippen LogP contribution < -0.4 is 15.0 Å². The molecule has 0 fully saturated rings. The first kappa shape index (κ1) is 17.8. The molecular weight excluding hydrogens is 328 g/mol. The van der Waals surface area contributed by atoms with Gasteiger partial charge >= 0.3 is 0 Å². The lowest BCUT2D eigenvalue weighted by atomic mass is 10.2. The second-order valence-corrected chi connectivity index (χ2v) is 5.55. The molecule has 2 amide bonds. The van der Waals surface area contributed by atoms with E-state index in [0.29, 0.717) is 23.0 Å². The van der Waals surface area contributed by atoms with E-state index in [1.807, 2.05) is 24.3 Å². The fourth-order valence-electron chi connectivity index (χ4n) is 2.28. The van der Waals surface area contributed by atoms with Gasteiger partial charge in [0.05, 0.1) is 17.8 Å². The van der Waals surface area contributed by atoms with Crippen LogP contribution in [0.5, 0.6) is 5.75 Å². The number of rotatable bonds is 6. The minimum atomic E-state index is -0.281. The molecule has 0 atom stereocenters. The summed E-state index contributed by atoms with van der Waals surface area (Å²) in [6.07, 6.45) is 0. The maximum atomic E-state index is 12.2. The second kappa shape index (κ2) is 8.36. The number of amides is 2. The predicted octanol–water partition coefficient (Wildman–Crippen LogP) is 3.02. The lowest BCUT2D eigenvalue weighted by Crippen LogP contribution is -2.39. The summed E-state index contributed by atoms with van der Waals surface area (Å²) in [5.74, 6) is 0.166. The Morgan fingerprint density at radius 1 is 1.12 bits per heavy atom. The van der Waals surface area contributed by atoms with Crippen LogP contribution in [0.15, 0.2) is 48.5 Å². The van der Waals surface area contributed by atoms with Gasteiger partial charge in [-0.15, -0.1) is 0 Å². The monoisotopic (exact) mass is 346 g/mol. The third kappa shape index (κ3) is 4.49. The molecule has 0 saturated carbocycles. The van der Waals surface area contributed by atoms with Gasteiger partial charge in [-0.2, -0.15) is 0 Å². The normalized spacial score (nSPS) is 10.1. The smallest absolute Gasteiger partial charge is 0.240 e. The molecule has 2 rings (SSSR count). The van der Waals surface area contributed by atoms with Gasteiger partial charge in [0.2, 0.25) is 11.8 Å². The highest BCUT2D eigenvalue weighted by atomic mass is 35.5. The van der Waals surface area contributed by atoms with Gasteiger partial charge in [0.25, 0.3) is 0 Å². The van der Waals surface area contributed by atoms with Crippen LogP contribution in [0.3, 0.4) is 0 Å². The van der Waals surface area contributed by atoms with Crippen molar-refractivity contribution < 1.29 is 14.3 Å². The Hall–Kier alpha value is -2.53. The summed E-state index contributed by atoms with van der Waals surface area (Å²) in [4.78, 5) is 25.4. The number of benzene rings is 2. The lowest BCUT2D eigenvalue weighted by Gasteiger charge is -2.21. The molecule has 0 aliphatic heterocycles. The molecule has 0 spiro atoms. The zero-order valence-electron chi connectivity index (χ0n) is 13.6. The van der Waals surface area contributed by atoms with Crippen molar-refractivity contribution in [3.63, 3.8) is 0 Å². The topological polar surface area (TPSA) is 58.6 Å². The summed E-state index contributed by atoms with van der Waals surface area (Å²) in [7, 11) is 1.58. The molecule has 0 unspecified atom stereocenters. The number of carbonyl (C=O) groups excluding carboxylic acids is 2. The summed E-state index contributed by atoms with van der Waals surface area (Å²) in [5, 5.41) is 3.21. The number of nitrogens with zero attached hydrogens (tertiary/aromatic N) is 1. The molecule has 2 aromatic rings. The first-order valence-electron chi connectivity index (χ1n) is 7.44. The van der Waals surface area contributed by atoms with E-state index in [2.05, 4.69) is 5.32 Å². The molecule has 0 radical (unpaired) electrons. The zero-order chi connectivity index (χ0) is 17.5. The minimum Gasteiger partial charge on any atom is -0.496 e. The fraction of sp³-hybridized carbons (Fsp3) is 0.222. The highest BCUT2D eigenvalue weighted by Gasteiger charge is 2.18. The van der Waals surface area contributed by atoms with Crippen LogP contribution in [0.25, 0.3) is 0 Å². The summed E-state index contributed by atoms with van der Waals surface area (Å²) in [6, 6.07) is 14.4. The van der Waals surface area contributed by atoms with Crippen molar-refractivity contribution >= 4 is 29.1 Å². The van der Waals surface area contributed by atoms with Gasteiger partial charge in [-0.3, -0.25) is 9.59 Å². The summed E-state index contributed by atoms with van der Waals surface area (Å²) in [6.45, 7) is 1.61. The molecule has 0 saturated heterocycles. The van der Waals surface area contributed by atoms with E-state index in [1.165, 1.54) is 11.8 Å².